The number of fused-ring (bicyclic) bond motifs is 1. The number of aryl methyl sites for hydroxylation is 2. The van der Waals surface area contributed by atoms with E-state index >= 15 is 0 Å². The zero-order valence-electron chi connectivity index (χ0n) is 18.9. The summed E-state index contributed by atoms with van der Waals surface area (Å²) in [6.45, 7) is 5.71. The van der Waals surface area contributed by atoms with Gasteiger partial charge in [0.15, 0.2) is 5.65 Å². The summed E-state index contributed by atoms with van der Waals surface area (Å²) in [6, 6.07) is 4.57. The van der Waals surface area contributed by atoms with Gasteiger partial charge in [0.2, 0.25) is 10.0 Å². The lowest BCUT2D eigenvalue weighted by Gasteiger charge is -2.35. The van der Waals surface area contributed by atoms with E-state index in [0.717, 1.165) is 19.1 Å². The number of rotatable bonds is 4. The van der Waals surface area contributed by atoms with Gasteiger partial charge in [0, 0.05) is 28.9 Å². The maximum Gasteiger partial charge on any atom is 0.275 e. The van der Waals surface area contributed by atoms with Crippen molar-refractivity contribution in [2.24, 2.45) is 0 Å². The van der Waals surface area contributed by atoms with Crippen LogP contribution in [0.1, 0.15) is 58.2 Å². The quantitative estimate of drug-likeness (QED) is 0.580. The summed E-state index contributed by atoms with van der Waals surface area (Å²) in [4.78, 5) is 32.6. The summed E-state index contributed by atoms with van der Waals surface area (Å²) in [7, 11) is -3.61. The van der Waals surface area contributed by atoms with Crippen LogP contribution in [0.25, 0.3) is 5.65 Å². The van der Waals surface area contributed by atoms with Crippen molar-refractivity contribution in [3.05, 3.63) is 61.7 Å². The van der Waals surface area contributed by atoms with E-state index in [1.165, 1.54) is 10.6 Å². The summed E-state index contributed by atoms with van der Waals surface area (Å²) in [5, 5.41) is 3.47. The lowest BCUT2D eigenvalue weighted by atomic mass is 9.97. The maximum atomic E-state index is 13.7. The molecule has 1 saturated heterocycles. The molecular formula is C22H26ClN5O4S. The van der Waals surface area contributed by atoms with Crippen molar-refractivity contribution in [3.8, 4) is 0 Å². The third kappa shape index (κ3) is 4.49. The molecule has 1 amide bonds. The van der Waals surface area contributed by atoms with Gasteiger partial charge >= 0.3 is 0 Å². The van der Waals surface area contributed by atoms with E-state index in [4.69, 9.17) is 11.6 Å². The molecule has 3 heterocycles. The van der Waals surface area contributed by atoms with Crippen molar-refractivity contribution in [1.29, 1.82) is 0 Å². The Morgan fingerprint density at radius 1 is 1.21 bits per heavy atom. The average molecular weight is 492 g/mol. The Hall–Kier alpha value is -2.85. The van der Waals surface area contributed by atoms with Crippen LogP contribution in [-0.4, -0.2) is 46.6 Å². The normalized spacial score (nSPS) is 16.9. The lowest BCUT2D eigenvalue weighted by Crippen LogP contribution is -2.39. The minimum absolute atomic E-state index is 0.178. The second kappa shape index (κ2) is 8.49. The number of piperidine rings is 1. The van der Waals surface area contributed by atoms with Crippen LogP contribution in [0.2, 0.25) is 5.02 Å². The molecule has 0 bridgehead atoms. The molecule has 176 valence electrons. The van der Waals surface area contributed by atoms with E-state index in [1.807, 2.05) is 0 Å². The van der Waals surface area contributed by atoms with Gasteiger partial charge in [0.05, 0.1) is 29.2 Å². The third-order valence-electron chi connectivity index (χ3n) is 6.04. The van der Waals surface area contributed by atoms with Crippen LogP contribution in [0.15, 0.2) is 23.0 Å². The number of likely N-dealkylation sites (tertiary alicyclic amines) is 1. The van der Waals surface area contributed by atoms with Gasteiger partial charge in [-0.25, -0.2) is 17.9 Å². The Labute approximate surface area is 196 Å². The molecular weight excluding hydrogens is 466 g/mol. The summed E-state index contributed by atoms with van der Waals surface area (Å²) in [5.41, 5.74) is 3.20. The van der Waals surface area contributed by atoms with Gasteiger partial charge in [-0.15, -0.1) is 0 Å². The predicted molar refractivity (Wildman–Crippen MR) is 128 cm³/mol. The first-order chi connectivity index (χ1) is 15.5. The first-order valence-electron chi connectivity index (χ1n) is 10.6. The van der Waals surface area contributed by atoms with E-state index in [1.54, 1.807) is 37.8 Å². The third-order valence-corrected chi connectivity index (χ3v) is 6.84. The van der Waals surface area contributed by atoms with E-state index in [9.17, 15) is 18.0 Å². The van der Waals surface area contributed by atoms with Gasteiger partial charge in [0.25, 0.3) is 11.5 Å². The largest absolute Gasteiger partial charge is 0.330 e. The van der Waals surface area contributed by atoms with Crippen molar-refractivity contribution in [1.82, 2.24) is 19.5 Å². The number of nitrogens with one attached hydrogen (secondary N) is 2. The summed E-state index contributed by atoms with van der Waals surface area (Å²) in [6.07, 6.45) is 3.46. The van der Waals surface area contributed by atoms with Gasteiger partial charge in [-0.05, 0) is 57.7 Å². The number of hydrogen-bond donors (Lipinski definition) is 2. The number of sulfonamides is 1. The number of carbonyl (C=O) groups is 1. The Balaban J connectivity index is 1.79. The molecule has 1 fully saturated rings. The van der Waals surface area contributed by atoms with Crippen molar-refractivity contribution < 1.29 is 13.2 Å². The molecule has 11 heteroatoms. The zero-order chi connectivity index (χ0) is 24.1. The van der Waals surface area contributed by atoms with E-state index in [-0.39, 0.29) is 28.8 Å². The highest BCUT2D eigenvalue weighted by molar-refractivity contribution is 7.92. The monoisotopic (exact) mass is 491 g/mol. The fraction of sp³-hybridized carbons (Fsp3) is 0.409. The van der Waals surface area contributed by atoms with Crippen molar-refractivity contribution in [2.75, 3.05) is 17.5 Å². The van der Waals surface area contributed by atoms with Crippen molar-refractivity contribution in [3.63, 3.8) is 0 Å². The van der Waals surface area contributed by atoms with Gasteiger partial charge in [-0.1, -0.05) is 11.6 Å². The van der Waals surface area contributed by atoms with E-state index < -0.39 is 10.0 Å². The second-order valence-corrected chi connectivity index (χ2v) is 10.7. The minimum atomic E-state index is -3.61. The number of nitrogens with zero attached hydrogens (tertiary/aromatic N) is 3. The molecule has 2 aromatic heterocycles. The van der Waals surface area contributed by atoms with Gasteiger partial charge in [-0.3, -0.25) is 19.4 Å². The predicted octanol–water partition coefficient (Wildman–Crippen LogP) is 3.34. The van der Waals surface area contributed by atoms with Crippen LogP contribution in [0.3, 0.4) is 0 Å². The summed E-state index contributed by atoms with van der Waals surface area (Å²) in [5.74, 6) is -0.331. The SMILES string of the molecule is Cc1cc(Cl)cc(C(=O)N2CCCC[C@H]2c2cc3nc(C)c(C)c(=O)n3[nH]2)c1NS(C)(=O)=O. The van der Waals surface area contributed by atoms with Crippen LogP contribution in [0.4, 0.5) is 5.69 Å². The van der Waals surface area contributed by atoms with Crippen LogP contribution in [0, 0.1) is 20.8 Å². The molecule has 0 unspecified atom stereocenters. The first kappa shape index (κ1) is 23.3. The van der Waals surface area contributed by atoms with Gasteiger partial charge < -0.3 is 4.90 Å². The Bertz CT molecular complexity index is 1430. The topological polar surface area (TPSA) is 117 Å². The second-order valence-electron chi connectivity index (χ2n) is 8.56. The number of benzene rings is 1. The number of aromatic nitrogens is 3. The Morgan fingerprint density at radius 3 is 2.64 bits per heavy atom. The molecule has 1 aromatic carbocycles. The number of H-pyrrole nitrogens is 1. The summed E-state index contributed by atoms with van der Waals surface area (Å²) >= 11 is 6.23. The molecule has 1 aliphatic rings. The van der Waals surface area contributed by atoms with E-state index in [0.29, 0.717) is 46.2 Å². The van der Waals surface area contributed by atoms with Crippen LogP contribution in [-0.2, 0) is 10.0 Å². The highest BCUT2D eigenvalue weighted by atomic mass is 35.5. The molecule has 33 heavy (non-hydrogen) atoms. The number of amides is 1. The Kier molecular flexibility index (Phi) is 6.00. The number of halogens is 1. The molecule has 4 rings (SSSR count). The molecule has 0 saturated carbocycles. The highest BCUT2D eigenvalue weighted by Gasteiger charge is 2.32. The van der Waals surface area contributed by atoms with Crippen LogP contribution in [0.5, 0.6) is 0 Å². The Morgan fingerprint density at radius 2 is 1.94 bits per heavy atom. The highest BCUT2D eigenvalue weighted by Crippen LogP contribution is 2.35. The van der Waals surface area contributed by atoms with E-state index in [2.05, 4.69) is 14.8 Å². The average Bonchev–Trinajstić information content (AvgIpc) is 3.16. The number of carbonyl (C=O) groups excluding carboxylic acids is 1. The number of anilines is 1. The van der Waals surface area contributed by atoms with Gasteiger partial charge in [0.1, 0.15) is 0 Å². The molecule has 9 nitrogen and oxygen atoms in total. The molecule has 0 radical (unpaired) electrons. The maximum absolute atomic E-state index is 13.7. The molecule has 2 N–H and O–H groups in total. The smallest absolute Gasteiger partial charge is 0.275 e. The minimum Gasteiger partial charge on any atom is -0.330 e. The standard InChI is InChI=1S/C22H26ClN5O4S/c1-12-9-15(23)10-16(20(12)26-33(4,31)32)22(30)27-8-6-5-7-18(27)17-11-19-24-14(3)13(2)21(29)28(19)25-17/h9-11,18,25-26H,5-8H2,1-4H3/t18-/m0/s1. The molecule has 0 spiro atoms. The molecule has 1 aliphatic heterocycles. The lowest BCUT2D eigenvalue weighted by molar-refractivity contribution is 0.0606. The van der Waals surface area contributed by atoms with Crippen molar-refractivity contribution in [2.45, 2.75) is 46.1 Å². The fourth-order valence-electron chi connectivity index (χ4n) is 4.29. The van der Waals surface area contributed by atoms with Gasteiger partial charge in [-0.2, -0.15) is 0 Å². The molecule has 3 aromatic rings. The number of aromatic amines is 1. The summed E-state index contributed by atoms with van der Waals surface area (Å²) < 4.78 is 27.8. The first-order valence-corrected chi connectivity index (χ1v) is 12.9. The molecule has 1 atom stereocenters. The van der Waals surface area contributed by atoms with Crippen LogP contribution >= 0.6 is 11.6 Å². The van der Waals surface area contributed by atoms with Crippen LogP contribution < -0.4 is 10.3 Å². The zero-order valence-corrected chi connectivity index (χ0v) is 20.5. The number of hydrogen-bond acceptors (Lipinski definition) is 5. The fourth-order valence-corrected chi connectivity index (χ4v) is 5.21. The molecule has 0 aliphatic carbocycles. The van der Waals surface area contributed by atoms with Crippen molar-refractivity contribution >= 4 is 38.9 Å².